The van der Waals surface area contributed by atoms with Crippen LogP contribution in [0.1, 0.15) is 25.7 Å². The third kappa shape index (κ3) is 3.87. The fourth-order valence-corrected chi connectivity index (χ4v) is 1.37. The van der Waals surface area contributed by atoms with E-state index in [0.29, 0.717) is 18.5 Å². The summed E-state index contributed by atoms with van der Waals surface area (Å²) >= 11 is 0. The van der Waals surface area contributed by atoms with E-state index in [2.05, 4.69) is 10.3 Å². The molecule has 1 heterocycles. The number of isocyanates is 1. The van der Waals surface area contributed by atoms with Crippen LogP contribution in [0.25, 0.3) is 0 Å². The summed E-state index contributed by atoms with van der Waals surface area (Å²) in [6.45, 7) is 0.480. The average Bonchev–Trinajstić information content (AvgIpc) is 2.51. The minimum atomic E-state index is -0.333. The zero-order chi connectivity index (χ0) is 11.1. The predicted octanol–water partition coefficient (Wildman–Crippen LogP) is 0.465. The molecule has 0 spiro atoms. The molecule has 1 aliphatic rings. The van der Waals surface area contributed by atoms with Crippen LogP contribution in [0.3, 0.4) is 0 Å². The summed E-state index contributed by atoms with van der Waals surface area (Å²) in [6, 6.07) is 0. The van der Waals surface area contributed by atoms with Gasteiger partial charge in [0.05, 0.1) is 6.54 Å². The highest BCUT2D eigenvalue weighted by atomic mass is 16.2. The number of aliphatic imine (C=N–C) groups is 1. The number of amides is 2. The molecular formula is C10H12N2O3. The first kappa shape index (κ1) is 11.3. The van der Waals surface area contributed by atoms with Crippen LogP contribution in [0, 0.1) is 0 Å². The number of hydrogen-bond donors (Lipinski definition) is 1. The molecule has 0 aromatic heterocycles. The summed E-state index contributed by atoms with van der Waals surface area (Å²) in [5, 5.41) is 2.19. The molecule has 0 aromatic rings. The molecule has 0 aliphatic carbocycles. The lowest BCUT2D eigenvalue weighted by Gasteiger charge is -1.98. The van der Waals surface area contributed by atoms with Gasteiger partial charge in [0.15, 0.2) is 0 Å². The second kappa shape index (κ2) is 5.88. The quantitative estimate of drug-likeness (QED) is 0.298. The predicted molar refractivity (Wildman–Crippen MR) is 52.7 cm³/mol. The van der Waals surface area contributed by atoms with E-state index in [4.69, 9.17) is 0 Å². The van der Waals surface area contributed by atoms with Gasteiger partial charge in [-0.2, -0.15) is 0 Å². The van der Waals surface area contributed by atoms with Gasteiger partial charge < -0.3 is 0 Å². The van der Waals surface area contributed by atoms with Gasteiger partial charge in [0.1, 0.15) is 0 Å². The molecule has 0 atom stereocenters. The monoisotopic (exact) mass is 208 g/mol. The molecule has 0 aromatic carbocycles. The Bertz CT molecular complexity index is 341. The van der Waals surface area contributed by atoms with Gasteiger partial charge in [-0.15, -0.1) is 0 Å². The highest BCUT2D eigenvalue weighted by Gasteiger charge is 2.19. The number of hydrogen-bond acceptors (Lipinski definition) is 4. The maximum atomic E-state index is 11.1. The summed E-state index contributed by atoms with van der Waals surface area (Å²) < 4.78 is 0. The molecule has 15 heavy (non-hydrogen) atoms. The van der Waals surface area contributed by atoms with Crippen molar-refractivity contribution in [3.8, 4) is 0 Å². The van der Waals surface area contributed by atoms with Crippen molar-refractivity contribution in [2.75, 3.05) is 6.54 Å². The Hall–Kier alpha value is -1.74. The number of unbranched alkanes of at least 4 members (excludes halogenated alkanes) is 2. The van der Waals surface area contributed by atoms with E-state index in [1.165, 1.54) is 12.2 Å². The molecular weight excluding hydrogens is 196 g/mol. The van der Waals surface area contributed by atoms with E-state index < -0.39 is 0 Å². The Kier molecular flexibility index (Phi) is 4.44. The largest absolute Gasteiger partial charge is 0.289 e. The van der Waals surface area contributed by atoms with Gasteiger partial charge in [-0.05, 0) is 19.3 Å². The van der Waals surface area contributed by atoms with Crippen LogP contribution in [0.15, 0.2) is 16.6 Å². The lowest BCUT2D eigenvalue weighted by Crippen LogP contribution is -2.22. The number of nitrogens with zero attached hydrogens (tertiary/aromatic N) is 1. The fraction of sp³-hybridized carbons (Fsp3) is 0.500. The molecule has 5 heteroatoms. The molecule has 0 radical (unpaired) electrons. The Morgan fingerprint density at radius 2 is 2.07 bits per heavy atom. The standard InChI is InChI=1S/C10H12N2O3/c13-7-11-5-3-1-2-4-8-6-9(14)12-10(8)15/h6H,1-5H2,(H,12,14,15). The van der Waals surface area contributed by atoms with Crippen LogP contribution < -0.4 is 5.32 Å². The zero-order valence-corrected chi connectivity index (χ0v) is 8.28. The van der Waals surface area contributed by atoms with Crippen LogP contribution >= 0.6 is 0 Å². The normalized spacial score (nSPS) is 14.5. The van der Waals surface area contributed by atoms with Crippen LogP contribution in [0.4, 0.5) is 0 Å². The van der Waals surface area contributed by atoms with E-state index in [9.17, 15) is 14.4 Å². The summed E-state index contributed by atoms with van der Waals surface area (Å²) in [7, 11) is 0. The van der Waals surface area contributed by atoms with Crippen molar-refractivity contribution < 1.29 is 14.4 Å². The van der Waals surface area contributed by atoms with E-state index in [-0.39, 0.29) is 11.8 Å². The minimum absolute atomic E-state index is 0.286. The molecule has 0 bridgehead atoms. The third-order valence-corrected chi connectivity index (χ3v) is 2.11. The molecule has 0 unspecified atom stereocenters. The van der Waals surface area contributed by atoms with E-state index in [1.807, 2.05) is 0 Å². The van der Waals surface area contributed by atoms with Gasteiger partial charge in [-0.25, -0.2) is 9.79 Å². The smallest absolute Gasteiger partial charge is 0.254 e. The number of rotatable bonds is 6. The maximum absolute atomic E-state index is 11.1. The lowest BCUT2D eigenvalue weighted by molar-refractivity contribution is -0.123. The molecule has 1 rings (SSSR count). The topological polar surface area (TPSA) is 75.6 Å². The number of nitrogens with one attached hydrogen (secondary N) is 1. The Labute approximate surface area is 87.3 Å². The minimum Gasteiger partial charge on any atom is -0.289 e. The van der Waals surface area contributed by atoms with E-state index in [1.54, 1.807) is 0 Å². The molecule has 2 amide bonds. The van der Waals surface area contributed by atoms with Gasteiger partial charge in [0.2, 0.25) is 6.08 Å². The molecule has 1 N–H and O–H groups in total. The van der Waals surface area contributed by atoms with Crippen LogP contribution in [-0.2, 0) is 14.4 Å². The molecule has 80 valence electrons. The lowest BCUT2D eigenvalue weighted by atomic mass is 10.1. The van der Waals surface area contributed by atoms with E-state index >= 15 is 0 Å². The summed E-state index contributed by atoms with van der Waals surface area (Å²) in [4.78, 5) is 35.0. The van der Waals surface area contributed by atoms with Gasteiger partial charge in [0, 0.05) is 11.6 Å². The van der Waals surface area contributed by atoms with Crippen LogP contribution in [0.2, 0.25) is 0 Å². The Balaban J connectivity index is 2.15. The van der Waals surface area contributed by atoms with Crippen molar-refractivity contribution in [2.24, 2.45) is 4.99 Å². The summed E-state index contributed by atoms with van der Waals surface area (Å²) in [6.07, 6.45) is 5.91. The maximum Gasteiger partial charge on any atom is 0.254 e. The number of carbonyl (C=O) groups is 2. The number of imide groups is 1. The van der Waals surface area contributed by atoms with Gasteiger partial charge in [-0.3, -0.25) is 14.9 Å². The molecule has 0 fully saturated rings. The summed E-state index contributed by atoms with van der Waals surface area (Å²) in [5.74, 6) is -0.619. The molecule has 5 nitrogen and oxygen atoms in total. The van der Waals surface area contributed by atoms with Gasteiger partial charge in [0.25, 0.3) is 11.8 Å². The SMILES string of the molecule is O=C=NCCCCCC1=CC(=O)NC1=O. The van der Waals surface area contributed by atoms with Gasteiger partial charge in [-0.1, -0.05) is 6.42 Å². The van der Waals surface area contributed by atoms with Crippen molar-refractivity contribution >= 4 is 17.9 Å². The van der Waals surface area contributed by atoms with Gasteiger partial charge >= 0.3 is 0 Å². The van der Waals surface area contributed by atoms with Crippen molar-refractivity contribution in [3.05, 3.63) is 11.6 Å². The first-order valence-corrected chi connectivity index (χ1v) is 4.83. The second-order valence-corrected chi connectivity index (χ2v) is 3.27. The van der Waals surface area contributed by atoms with Crippen molar-refractivity contribution in [2.45, 2.75) is 25.7 Å². The molecule has 0 saturated carbocycles. The van der Waals surface area contributed by atoms with Crippen LogP contribution in [-0.4, -0.2) is 24.4 Å². The third-order valence-electron chi connectivity index (χ3n) is 2.11. The first-order chi connectivity index (χ1) is 7.24. The second-order valence-electron chi connectivity index (χ2n) is 3.27. The highest BCUT2D eigenvalue weighted by molar-refractivity contribution is 6.16. The fourth-order valence-electron chi connectivity index (χ4n) is 1.37. The van der Waals surface area contributed by atoms with Crippen molar-refractivity contribution in [3.63, 3.8) is 0 Å². The van der Waals surface area contributed by atoms with Crippen LogP contribution in [0.5, 0.6) is 0 Å². The molecule has 0 saturated heterocycles. The van der Waals surface area contributed by atoms with E-state index in [0.717, 1.165) is 19.3 Å². The van der Waals surface area contributed by atoms with Crippen molar-refractivity contribution in [1.29, 1.82) is 0 Å². The summed E-state index contributed by atoms with van der Waals surface area (Å²) in [5.41, 5.74) is 0.541. The molecule has 1 aliphatic heterocycles. The number of carbonyl (C=O) groups excluding carboxylic acids is 3. The zero-order valence-electron chi connectivity index (χ0n) is 8.28. The Morgan fingerprint density at radius 3 is 2.67 bits per heavy atom. The average molecular weight is 208 g/mol. The highest BCUT2D eigenvalue weighted by Crippen LogP contribution is 2.12. The first-order valence-electron chi connectivity index (χ1n) is 4.83. The van der Waals surface area contributed by atoms with Crippen molar-refractivity contribution in [1.82, 2.24) is 5.32 Å². The Morgan fingerprint density at radius 1 is 1.27 bits per heavy atom.